The van der Waals surface area contributed by atoms with Gasteiger partial charge in [-0.1, -0.05) is 0 Å². The monoisotopic (exact) mass is 276 g/mol. The first-order chi connectivity index (χ1) is 8.27. The molecule has 102 valence electrons. The van der Waals surface area contributed by atoms with Crippen LogP contribution in [0.4, 0.5) is 10.1 Å². The standard InChI is InChI=1S/C11H17FN2O3S/c1-7-4-9(5-10(13)11(7)12)18(15,16)14-8(2)6-17-3/h4-5,8,14H,6,13H2,1-3H3. The summed E-state index contributed by atoms with van der Waals surface area (Å²) in [5, 5.41) is 0. The molecule has 1 unspecified atom stereocenters. The molecule has 0 radical (unpaired) electrons. The number of aryl methyl sites for hydroxylation is 1. The lowest BCUT2D eigenvalue weighted by Crippen LogP contribution is -2.35. The van der Waals surface area contributed by atoms with Gasteiger partial charge in [0, 0.05) is 13.2 Å². The van der Waals surface area contributed by atoms with Crippen molar-refractivity contribution in [1.29, 1.82) is 0 Å². The van der Waals surface area contributed by atoms with Crippen molar-refractivity contribution in [2.75, 3.05) is 19.5 Å². The Hall–Kier alpha value is -1.18. The summed E-state index contributed by atoms with van der Waals surface area (Å²) < 4.78 is 44.6. The van der Waals surface area contributed by atoms with Crippen molar-refractivity contribution in [3.63, 3.8) is 0 Å². The molecule has 0 saturated carbocycles. The van der Waals surface area contributed by atoms with Gasteiger partial charge in [-0.05, 0) is 31.5 Å². The van der Waals surface area contributed by atoms with Crippen LogP contribution in [-0.2, 0) is 14.8 Å². The third-order valence-corrected chi connectivity index (χ3v) is 3.91. The molecule has 1 aromatic rings. The number of sulfonamides is 1. The van der Waals surface area contributed by atoms with Crippen LogP contribution in [0.2, 0.25) is 0 Å². The molecule has 0 bridgehead atoms. The molecular formula is C11H17FN2O3S. The highest BCUT2D eigenvalue weighted by Crippen LogP contribution is 2.20. The van der Waals surface area contributed by atoms with Gasteiger partial charge in [0.2, 0.25) is 10.0 Å². The molecule has 0 aliphatic heterocycles. The minimum absolute atomic E-state index is 0.0538. The highest BCUT2D eigenvalue weighted by molar-refractivity contribution is 7.89. The average Bonchev–Trinajstić information content (AvgIpc) is 2.24. The Morgan fingerprint density at radius 3 is 2.61 bits per heavy atom. The minimum Gasteiger partial charge on any atom is -0.396 e. The van der Waals surface area contributed by atoms with Gasteiger partial charge in [0.1, 0.15) is 5.82 Å². The minimum atomic E-state index is -3.72. The van der Waals surface area contributed by atoms with E-state index in [1.165, 1.54) is 20.1 Å². The van der Waals surface area contributed by atoms with E-state index in [1.54, 1.807) is 6.92 Å². The second-order valence-corrected chi connectivity index (χ2v) is 5.84. The topological polar surface area (TPSA) is 81.4 Å². The Labute approximate surface area is 106 Å². The second-order valence-electron chi connectivity index (χ2n) is 4.12. The maximum atomic E-state index is 13.3. The highest BCUT2D eigenvalue weighted by atomic mass is 32.2. The van der Waals surface area contributed by atoms with E-state index in [9.17, 15) is 12.8 Å². The zero-order valence-electron chi connectivity index (χ0n) is 10.5. The van der Waals surface area contributed by atoms with E-state index in [0.717, 1.165) is 6.07 Å². The summed E-state index contributed by atoms with van der Waals surface area (Å²) in [7, 11) is -2.24. The van der Waals surface area contributed by atoms with Gasteiger partial charge < -0.3 is 10.5 Å². The Kier molecular flexibility index (Phi) is 4.66. The zero-order chi connectivity index (χ0) is 13.9. The molecule has 0 fully saturated rings. The van der Waals surface area contributed by atoms with Crippen LogP contribution < -0.4 is 10.5 Å². The predicted octanol–water partition coefficient (Wildman–Crippen LogP) is 1.03. The van der Waals surface area contributed by atoms with Crippen molar-refractivity contribution in [2.45, 2.75) is 24.8 Å². The summed E-state index contributed by atoms with van der Waals surface area (Å²) in [5.41, 5.74) is 5.42. The smallest absolute Gasteiger partial charge is 0.240 e. The number of nitrogens with two attached hydrogens (primary N) is 1. The molecule has 18 heavy (non-hydrogen) atoms. The van der Waals surface area contributed by atoms with E-state index in [-0.39, 0.29) is 28.8 Å². The van der Waals surface area contributed by atoms with Gasteiger partial charge in [0.15, 0.2) is 0 Å². The van der Waals surface area contributed by atoms with Gasteiger partial charge in [0.25, 0.3) is 0 Å². The molecule has 0 aliphatic rings. The maximum absolute atomic E-state index is 13.3. The summed E-state index contributed by atoms with van der Waals surface area (Å²) in [6, 6.07) is 1.96. The van der Waals surface area contributed by atoms with Crippen LogP contribution in [0.1, 0.15) is 12.5 Å². The molecule has 7 heteroatoms. The summed E-state index contributed by atoms with van der Waals surface area (Å²) in [4.78, 5) is -0.0538. The van der Waals surface area contributed by atoms with Gasteiger partial charge in [-0.25, -0.2) is 17.5 Å². The molecule has 0 saturated heterocycles. The Morgan fingerprint density at radius 1 is 1.50 bits per heavy atom. The molecular weight excluding hydrogens is 259 g/mol. The van der Waals surface area contributed by atoms with E-state index < -0.39 is 15.8 Å². The van der Waals surface area contributed by atoms with Gasteiger partial charge in [-0.3, -0.25) is 0 Å². The van der Waals surface area contributed by atoms with Crippen LogP contribution in [0.25, 0.3) is 0 Å². The van der Waals surface area contributed by atoms with E-state index in [4.69, 9.17) is 10.5 Å². The summed E-state index contributed by atoms with van der Waals surface area (Å²) >= 11 is 0. The molecule has 1 aromatic carbocycles. The van der Waals surface area contributed by atoms with Crippen molar-refractivity contribution < 1.29 is 17.5 Å². The van der Waals surface area contributed by atoms with E-state index >= 15 is 0 Å². The van der Waals surface area contributed by atoms with Crippen LogP contribution in [0.15, 0.2) is 17.0 Å². The quantitative estimate of drug-likeness (QED) is 0.787. The second kappa shape index (κ2) is 5.64. The fourth-order valence-corrected chi connectivity index (χ4v) is 2.88. The van der Waals surface area contributed by atoms with Gasteiger partial charge >= 0.3 is 0 Å². The lowest BCUT2D eigenvalue weighted by Gasteiger charge is -2.14. The predicted molar refractivity (Wildman–Crippen MR) is 67.2 cm³/mol. The number of nitrogens with one attached hydrogen (secondary N) is 1. The molecule has 0 heterocycles. The number of rotatable bonds is 5. The van der Waals surface area contributed by atoms with Crippen molar-refractivity contribution in [3.05, 3.63) is 23.5 Å². The Bertz CT molecular complexity index is 508. The van der Waals surface area contributed by atoms with Crippen LogP contribution in [-0.4, -0.2) is 28.2 Å². The Balaban J connectivity index is 3.06. The van der Waals surface area contributed by atoms with Crippen molar-refractivity contribution in [3.8, 4) is 0 Å². The lowest BCUT2D eigenvalue weighted by molar-refractivity contribution is 0.180. The molecule has 1 atom stereocenters. The van der Waals surface area contributed by atoms with E-state index in [0.29, 0.717) is 0 Å². The molecule has 0 aromatic heterocycles. The maximum Gasteiger partial charge on any atom is 0.240 e. The zero-order valence-corrected chi connectivity index (χ0v) is 11.3. The van der Waals surface area contributed by atoms with Crippen LogP contribution in [0.5, 0.6) is 0 Å². The first kappa shape index (κ1) is 14.9. The largest absolute Gasteiger partial charge is 0.396 e. The third kappa shape index (κ3) is 3.41. The molecule has 0 spiro atoms. The number of nitrogen functional groups attached to an aromatic ring is 1. The van der Waals surface area contributed by atoms with Crippen molar-refractivity contribution in [1.82, 2.24) is 4.72 Å². The number of hydrogen-bond donors (Lipinski definition) is 2. The first-order valence-corrected chi connectivity index (χ1v) is 6.83. The highest BCUT2D eigenvalue weighted by Gasteiger charge is 2.19. The van der Waals surface area contributed by atoms with Gasteiger partial charge in [-0.2, -0.15) is 0 Å². The normalized spacial score (nSPS) is 13.6. The number of anilines is 1. The number of halogens is 1. The molecule has 0 aliphatic carbocycles. The van der Waals surface area contributed by atoms with Crippen LogP contribution in [0.3, 0.4) is 0 Å². The first-order valence-electron chi connectivity index (χ1n) is 5.35. The van der Waals surface area contributed by atoms with Crippen molar-refractivity contribution >= 4 is 15.7 Å². The third-order valence-electron chi connectivity index (χ3n) is 2.34. The number of methoxy groups -OCH3 is 1. The Morgan fingerprint density at radius 2 is 2.11 bits per heavy atom. The number of hydrogen-bond acceptors (Lipinski definition) is 4. The van der Waals surface area contributed by atoms with E-state index in [2.05, 4.69) is 4.72 Å². The lowest BCUT2D eigenvalue weighted by atomic mass is 10.2. The molecule has 3 N–H and O–H groups in total. The number of benzene rings is 1. The average molecular weight is 276 g/mol. The molecule has 1 rings (SSSR count). The fraction of sp³-hybridized carbons (Fsp3) is 0.455. The summed E-state index contributed by atoms with van der Waals surface area (Å²) in [6.45, 7) is 3.37. The molecule has 0 amide bonds. The van der Waals surface area contributed by atoms with Gasteiger partial charge in [-0.15, -0.1) is 0 Å². The van der Waals surface area contributed by atoms with Crippen molar-refractivity contribution in [2.24, 2.45) is 0 Å². The molecule has 5 nitrogen and oxygen atoms in total. The summed E-state index contributed by atoms with van der Waals surface area (Å²) in [5.74, 6) is -0.598. The van der Waals surface area contributed by atoms with Crippen LogP contribution >= 0.6 is 0 Å². The number of ether oxygens (including phenoxy) is 1. The van der Waals surface area contributed by atoms with Crippen LogP contribution in [0, 0.1) is 12.7 Å². The summed E-state index contributed by atoms with van der Waals surface area (Å²) in [6.07, 6.45) is 0. The van der Waals surface area contributed by atoms with Gasteiger partial charge in [0.05, 0.1) is 17.2 Å². The SMILES string of the molecule is COCC(C)NS(=O)(=O)c1cc(C)c(F)c(N)c1. The van der Waals surface area contributed by atoms with E-state index in [1.807, 2.05) is 0 Å². The fourth-order valence-electron chi connectivity index (χ4n) is 1.53.